The molecule has 0 saturated heterocycles. The summed E-state index contributed by atoms with van der Waals surface area (Å²) in [6, 6.07) is 10.7. The van der Waals surface area contributed by atoms with E-state index in [9.17, 15) is 18.0 Å². The SMILES string of the molecule is CC1=CN(c2ccc(OC(F)(F)F)cc2)CN1Cc1ccncc1NC(=O)c1ccco1. The Hall–Kier alpha value is -3.95. The predicted octanol–water partition coefficient (Wildman–Crippen LogP) is 4.97. The van der Waals surface area contributed by atoms with Crippen molar-refractivity contribution in [1.29, 1.82) is 0 Å². The normalized spacial score (nSPS) is 13.8. The largest absolute Gasteiger partial charge is 0.573 e. The third kappa shape index (κ3) is 5.02. The number of halogens is 3. The molecule has 0 atom stereocenters. The van der Waals surface area contributed by atoms with Gasteiger partial charge < -0.3 is 24.3 Å². The van der Waals surface area contributed by atoms with E-state index < -0.39 is 6.36 Å². The molecule has 0 spiro atoms. The second-order valence-corrected chi connectivity index (χ2v) is 7.09. The fourth-order valence-corrected chi connectivity index (χ4v) is 3.28. The van der Waals surface area contributed by atoms with E-state index in [4.69, 9.17) is 4.42 Å². The smallest absolute Gasteiger partial charge is 0.459 e. The third-order valence-electron chi connectivity index (χ3n) is 4.83. The van der Waals surface area contributed by atoms with Crippen LogP contribution in [-0.2, 0) is 6.54 Å². The van der Waals surface area contributed by atoms with Gasteiger partial charge in [-0.3, -0.25) is 9.78 Å². The molecule has 1 aromatic carbocycles. The highest BCUT2D eigenvalue weighted by Crippen LogP contribution is 2.29. The second-order valence-electron chi connectivity index (χ2n) is 7.09. The summed E-state index contributed by atoms with van der Waals surface area (Å²) in [6.45, 7) is 2.91. The summed E-state index contributed by atoms with van der Waals surface area (Å²) in [5.74, 6) is -0.450. The van der Waals surface area contributed by atoms with Crippen LogP contribution in [0.4, 0.5) is 24.5 Å². The van der Waals surface area contributed by atoms with Gasteiger partial charge in [0.05, 0.1) is 24.8 Å². The van der Waals surface area contributed by atoms with E-state index in [0.29, 0.717) is 18.9 Å². The van der Waals surface area contributed by atoms with Crippen LogP contribution >= 0.6 is 0 Å². The maximum Gasteiger partial charge on any atom is 0.573 e. The maximum absolute atomic E-state index is 12.4. The fourth-order valence-electron chi connectivity index (χ4n) is 3.28. The molecule has 32 heavy (non-hydrogen) atoms. The van der Waals surface area contributed by atoms with Crippen molar-refractivity contribution in [1.82, 2.24) is 9.88 Å². The minimum Gasteiger partial charge on any atom is -0.459 e. The third-order valence-corrected chi connectivity index (χ3v) is 4.83. The summed E-state index contributed by atoms with van der Waals surface area (Å²) < 4.78 is 46.1. The van der Waals surface area contributed by atoms with Gasteiger partial charge in [-0.15, -0.1) is 13.2 Å². The topological polar surface area (TPSA) is 70.8 Å². The number of ether oxygens (including phenoxy) is 1. The average molecular weight is 444 g/mol. The molecule has 4 rings (SSSR count). The molecule has 0 bridgehead atoms. The van der Waals surface area contributed by atoms with Gasteiger partial charge in [-0.1, -0.05) is 0 Å². The van der Waals surface area contributed by atoms with Gasteiger partial charge in [0.15, 0.2) is 5.76 Å². The molecule has 2 aromatic heterocycles. The predicted molar refractivity (Wildman–Crippen MR) is 111 cm³/mol. The van der Waals surface area contributed by atoms with Gasteiger partial charge in [0, 0.05) is 30.3 Å². The molecule has 1 aliphatic heterocycles. The zero-order valence-electron chi connectivity index (χ0n) is 17.0. The quantitative estimate of drug-likeness (QED) is 0.579. The number of rotatable bonds is 6. The zero-order valence-corrected chi connectivity index (χ0v) is 17.0. The summed E-state index contributed by atoms with van der Waals surface area (Å²) in [6.07, 6.45) is 1.82. The monoisotopic (exact) mass is 444 g/mol. The first kappa shape index (κ1) is 21.3. The van der Waals surface area contributed by atoms with Gasteiger partial charge in [-0.05, 0) is 55.0 Å². The van der Waals surface area contributed by atoms with E-state index in [2.05, 4.69) is 19.9 Å². The van der Waals surface area contributed by atoms with E-state index in [0.717, 1.165) is 16.9 Å². The second kappa shape index (κ2) is 8.66. The minimum absolute atomic E-state index is 0.196. The fraction of sp³-hybridized carbons (Fsp3) is 0.182. The standard InChI is InChI=1S/C22H19F3N4O3/c1-15-12-29(17-4-6-18(7-5-17)32-22(23,24)25)14-28(15)13-16-8-9-26-11-19(16)27-21(30)20-3-2-10-31-20/h2-12H,13-14H2,1H3,(H,27,30). The highest BCUT2D eigenvalue weighted by molar-refractivity contribution is 6.02. The Morgan fingerprint density at radius 3 is 2.69 bits per heavy atom. The van der Waals surface area contributed by atoms with Crippen LogP contribution in [0.2, 0.25) is 0 Å². The number of hydrogen-bond acceptors (Lipinski definition) is 6. The molecule has 1 N–H and O–H groups in total. The first-order valence-corrected chi connectivity index (χ1v) is 9.62. The Balaban J connectivity index is 1.43. The van der Waals surface area contributed by atoms with E-state index in [-0.39, 0.29) is 17.4 Å². The average Bonchev–Trinajstić information content (AvgIpc) is 3.39. The number of nitrogens with one attached hydrogen (secondary N) is 1. The van der Waals surface area contributed by atoms with Crippen molar-refractivity contribution in [2.75, 3.05) is 16.9 Å². The van der Waals surface area contributed by atoms with Crippen LogP contribution in [0, 0.1) is 0 Å². The van der Waals surface area contributed by atoms with Crippen LogP contribution in [-0.4, -0.2) is 28.8 Å². The number of hydrogen-bond donors (Lipinski definition) is 1. The molecule has 7 nitrogen and oxygen atoms in total. The Morgan fingerprint density at radius 1 is 1.22 bits per heavy atom. The van der Waals surface area contributed by atoms with E-state index in [1.807, 2.05) is 24.1 Å². The number of furan rings is 1. The molecular formula is C22H19F3N4O3. The van der Waals surface area contributed by atoms with E-state index in [1.165, 1.54) is 18.4 Å². The van der Waals surface area contributed by atoms with Gasteiger partial charge >= 0.3 is 6.36 Å². The molecule has 3 aromatic rings. The zero-order chi connectivity index (χ0) is 22.7. The minimum atomic E-state index is -4.73. The molecule has 1 amide bonds. The van der Waals surface area contributed by atoms with Gasteiger partial charge in [0.2, 0.25) is 0 Å². The molecule has 1 aliphatic rings. The van der Waals surface area contributed by atoms with Crippen molar-refractivity contribution in [3.63, 3.8) is 0 Å². The van der Waals surface area contributed by atoms with E-state index in [1.54, 1.807) is 36.7 Å². The number of anilines is 2. The van der Waals surface area contributed by atoms with E-state index >= 15 is 0 Å². The van der Waals surface area contributed by atoms with Crippen LogP contribution in [0.1, 0.15) is 23.0 Å². The van der Waals surface area contributed by atoms with Crippen LogP contribution in [0.3, 0.4) is 0 Å². The van der Waals surface area contributed by atoms with Crippen LogP contribution in [0.5, 0.6) is 5.75 Å². The summed E-state index contributed by atoms with van der Waals surface area (Å²) >= 11 is 0. The Morgan fingerprint density at radius 2 is 2.00 bits per heavy atom. The van der Waals surface area contributed by atoms with Gasteiger partial charge in [-0.2, -0.15) is 0 Å². The van der Waals surface area contributed by atoms with Crippen molar-refractivity contribution < 1.29 is 27.1 Å². The lowest BCUT2D eigenvalue weighted by molar-refractivity contribution is -0.274. The molecule has 10 heteroatoms. The summed E-state index contributed by atoms with van der Waals surface area (Å²) in [7, 11) is 0. The lowest BCUT2D eigenvalue weighted by Crippen LogP contribution is -2.26. The van der Waals surface area contributed by atoms with Crippen LogP contribution in [0.25, 0.3) is 0 Å². The van der Waals surface area contributed by atoms with Crippen molar-refractivity contribution >= 4 is 17.3 Å². The van der Waals surface area contributed by atoms with Crippen molar-refractivity contribution in [3.05, 3.63) is 84.3 Å². The number of amides is 1. The Labute approximate surface area is 181 Å². The molecular weight excluding hydrogens is 425 g/mol. The highest BCUT2D eigenvalue weighted by atomic mass is 19.4. The number of nitrogens with zero attached hydrogens (tertiary/aromatic N) is 3. The number of aromatic nitrogens is 1. The van der Waals surface area contributed by atoms with Gasteiger partial charge in [-0.25, -0.2) is 0 Å². The van der Waals surface area contributed by atoms with Crippen molar-refractivity contribution in [2.24, 2.45) is 0 Å². The number of carbonyl (C=O) groups is 1. The van der Waals surface area contributed by atoms with Gasteiger partial charge in [0.25, 0.3) is 5.91 Å². The number of benzene rings is 1. The first-order chi connectivity index (χ1) is 15.3. The summed E-state index contributed by atoms with van der Waals surface area (Å²) in [4.78, 5) is 20.4. The highest BCUT2D eigenvalue weighted by Gasteiger charge is 2.31. The number of carbonyl (C=O) groups excluding carboxylic acids is 1. The van der Waals surface area contributed by atoms with Gasteiger partial charge in [0.1, 0.15) is 5.75 Å². The summed E-state index contributed by atoms with van der Waals surface area (Å²) in [5.41, 5.74) is 3.10. The Bertz CT molecular complexity index is 1110. The van der Waals surface area contributed by atoms with Crippen LogP contribution < -0.4 is 15.0 Å². The molecule has 0 saturated carbocycles. The lowest BCUT2D eigenvalue weighted by atomic mass is 10.2. The molecule has 0 unspecified atom stereocenters. The lowest BCUT2D eigenvalue weighted by Gasteiger charge is -2.24. The number of alkyl halides is 3. The molecule has 3 heterocycles. The number of pyridine rings is 1. The van der Waals surface area contributed by atoms with Crippen LogP contribution in [0.15, 0.2) is 77.4 Å². The maximum atomic E-state index is 12.4. The Kier molecular flexibility index (Phi) is 5.76. The molecule has 166 valence electrons. The number of allylic oxidation sites excluding steroid dienone is 1. The van der Waals surface area contributed by atoms with Crippen molar-refractivity contribution in [3.8, 4) is 5.75 Å². The molecule has 0 radical (unpaired) electrons. The molecule has 0 fully saturated rings. The summed E-state index contributed by atoms with van der Waals surface area (Å²) in [5, 5.41) is 2.81. The molecule has 0 aliphatic carbocycles. The van der Waals surface area contributed by atoms with Crippen molar-refractivity contribution in [2.45, 2.75) is 19.8 Å². The first-order valence-electron chi connectivity index (χ1n) is 9.62.